The Bertz CT molecular complexity index is 411. The maximum atomic E-state index is 6.29. The summed E-state index contributed by atoms with van der Waals surface area (Å²) in [4.78, 5) is 0. The topological polar surface area (TPSA) is 44.5 Å². The molecule has 3 nitrogen and oxygen atoms in total. The highest BCUT2D eigenvalue weighted by Gasteiger charge is 2.29. The SMILES string of the molecule is CCOc1ccc(C(N)C2CCC(C)O2)c(Br)c1. The lowest BCUT2D eigenvalue weighted by Gasteiger charge is -2.21. The van der Waals surface area contributed by atoms with Crippen molar-refractivity contribution >= 4 is 15.9 Å². The molecule has 18 heavy (non-hydrogen) atoms. The number of benzene rings is 1. The summed E-state index contributed by atoms with van der Waals surface area (Å²) in [5, 5.41) is 0. The molecule has 0 aliphatic carbocycles. The van der Waals surface area contributed by atoms with Gasteiger partial charge in [-0.05, 0) is 44.4 Å². The van der Waals surface area contributed by atoms with Crippen LogP contribution in [0.4, 0.5) is 0 Å². The second kappa shape index (κ2) is 6.04. The summed E-state index contributed by atoms with van der Waals surface area (Å²) in [5.74, 6) is 0.862. The second-order valence-electron chi connectivity index (χ2n) is 4.70. The molecule has 1 aliphatic heterocycles. The Morgan fingerprint density at radius 3 is 2.83 bits per heavy atom. The van der Waals surface area contributed by atoms with Crippen molar-refractivity contribution in [2.24, 2.45) is 5.73 Å². The average Bonchev–Trinajstić information content (AvgIpc) is 2.76. The lowest BCUT2D eigenvalue weighted by Crippen LogP contribution is -2.26. The lowest BCUT2D eigenvalue weighted by atomic mass is 10.00. The van der Waals surface area contributed by atoms with Crippen LogP contribution in [0.1, 0.15) is 38.3 Å². The highest BCUT2D eigenvalue weighted by Crippen LogP contribution is 2.33. The Labute approximate surface area is 117 Å². The zero-order valence-corrected chi connectivity index (χ0v) is 12.4. The Morgan fingerprint density at radius 2 is 2.28 bits per heavy atom. The molecule has 0 amide bonds. The van der Waals surface area contributed by atoms with Crippen molar-refractivity contribution in [2.45, 2.75) is 44.9 Å². The van der Waals surface area contributed by atoms with Gasteiger partial charge in [0.1, 0.15) is 5.75 Å². The number of rotatable bonds is 4. The Balaban J connectivity index is 2.12. The van der Waals surface area contributed by atoms with Crippen LogP contribution in [0.15, 0.2) is 22.7 Å². The Morgan fingerprint density at radius 1 is 1.50 bits per heavy atom. The zero-order valence-electron chi connectivity index (χ0n) is 10.9. The first-order chi connectivity index (χ1) is 8.61. The van der Waals surface area contributed by atoms with Gasteiger partial charge < -0.3 is 15.2 Å². The van der Waals surface area contributed by atoms with Gasteiger partial charge in [0.25, 0.3) is 0 Å². The summed E-state index contributed by atoms with van der Waals surface area (Å²) < 4.78 is 12.3. The fourth-order valence-electron chi connectivity index (χ4n) is 2.33. The van der Waals surface area contributed by atoms with Crippen LogP contribution in [-0.2, 0) is 4.74 Å². The van der Waals surface area contributed by atoms with Gasteiger partial charge in [0.05, 0.1) is 24.9 Å². The summed E-state index contributed by atoms with van der Waals surface area (Å²) in [7, 11) is 0. The van der Waals surface area contributed by atoms with Gasteiger partial charge in [-0.2, -0.15) is 0 Å². The second-order valence-corrected chi connectivity index (χ2v) is 5.56. The highest BCUT2D eigenvalue weighted by atomic mass is 79.9. The summed E-state index contributed by atoms with van der Waals surface area (Å²) in [5.41, 5.74) is 7.37. The van der Waals surface area contributed by atoms with Crippen LogP contribution in [0.2, 0.25) is 0 Å². The van der Waals surface area contributed by atoms with Crippen molar-refractivity contribution in [3.63, 3.8) is 0 Å². The van der Waals surface area contributed by atoms with Crippen LogP contribution in [0.5, 0.6) is 5.75 Å². The molecular formula is C14H20BrNO2. The summed E-state index contributed by atoms with van der Waals surface area (Å²) >= 11 is 3.56. The van der Waals surface area contributed by atoms with Crippen molar-refractivity contribution in [2.75, 3.05) is 6.61 Å². The van der Waals surface area contributed by atoms with E-state index in [1.54, 1.807) is 0 Å². The minimum absolute atomic E-state index is 0.0833. The van der Waals surface area contributed by atoms with E-state index in [-0.39, 0.29) is 12.1 Å². The third-order valence-corrected chi connectivity index (χ3v) is 3.99. The molecule has 3 atom stereocenters. The van der Waals surface area contributed by atoms with Crippen molar-refractivity contribution in [3.05, 3.63) is 28.2 Å². The molecule has 1 fully saturated rings. The molecule has 0 radical (unpaired) electrons. The van der Waals surface area contributed by atoms with Crippen molar-refractivity contribution in [1.82, 2.24) is 0 Å². The van der Waals surface area contributed by atoms with E-state index in [0.29, 0.717) is 12.7 Å². The highest BCUT2D eigenvalue weighted by molar-refractivity contribution is 9.10. The van der Waals surface area contributed by atoms with Gasteiger partial charge in [-0.3, -0.25) is 0 Å². The van der Waals surface area contributed by atoms with E-state index in [1.165, 1.54) is 0 Å². The fourth-order valence-corrected chi connectivity index (χ4v) is 2.95. The lowest BCUT2D eigenvalue weighted by molar-refractivity contribution is 0.0400. The Hall–Kier alpha value is -0.580. The first kappa shape index (κ1) is 13.8. The quantitative estimate of drug-likeness (QED) is 0.926. The van der Waals surface area contributed by atoms with E-state index in [1.807, 2.05) is 25.1 Å². The predicted molar refractivity (Wildman–Crippen MR) is 75.8 cm³/mol. The molecule has 2 rings (SSSR count). The number of nitrogens with two attached hydrogens (primary N) is 1. The predicted octanol–water partition coefficient (Wildman–Crippen LogP) is 3.42. The van der Waals surface area contributed by atoms with E-state index in [0.717, 1.165) is 28.6 Å². The molecule has 0 saturated carbocycles. The first-order valence-corrected chi connectivity index (χ1v) is 7.24. The molecule has 0 bridgehead atoms. The van der Waals surface area contributed by atoms with Gasteiger partial charge in [-0.1, -0.05) is 22.0 Å². The van der Waals surface area contributed by atoms with Crippen LogP contribution in [-0.4, -0.2) is 18.8 Å². The average molecular weight is 314 g/mol. The van der Waals surface area contributed by atoms with E-state index >= 15 is 0 Å². The third kappa shape index (κ3) is 3.05. The molecule has 100 valence electrons. The molecule has 2 N–H and O–H groups in total. The van der Waals surface area contributed by atoms with Crippen molar-refractivity contribution < 1.29 is 9.47 Å². The van der Waals surface area contributed by atoms with E-state index in [2.05, 4.69) is 22.9 Å². The molecule has 3 unspecified atom stereocenters. The monoisotopic (exact) mass is 313 g/mol. The van der Waals surface area contributed by atoms with Crippen LogP contribution in [0, 0.1) is 0 Å². The van der Waals surface area contributed by atoms with Gasteiger partial charge in [-0.25, -0.2) is 0 Å². The van der Waals surface area contributed by atoms with Crippen LogP contribution >= 0.6 is 15.9 Å². The van der Waals surface area contributed by atoms with E-state index < -0.39 is 0 Å². The number of hydrogen-bond donors (Lipinski definition) is 1. The van der Waals surface area contributed by atoms with E-state index in [4.69, 9.17) is 15.2 Å². The normalized spacial score (nSPS) is 25.1. The van der Waals surface area contributed by atoms with Gasteiger partial charge in [0, 0.05) is 4.47 Å². The summed E-state index contributed by atoms with van der Waals surface area (Å²) in [6.07, 6.45) is 2.56. The molecule has 1 aromatic carbocycles. The molecule has 1 aromatic rings. The molecule has 0 aromatic heterocycles. The molecular weight excluding hydrogens is 294 g/mol. The third-order valence-electron chi connectivity index (χ3n) is 3.31. The maximum absolute atomic E-state index is 6.29. The molecule has 4 heteroatoms. The minimum Gasteiger partial charge on any atom is -0.494 e. The van der Waals surface area contributed by atoms with E-state index in [9.17, 15) is 0 Å². The zero-order chi connectivity index (χ0) is 13.1. The number of hydrogen-bond acceptors (Lipinski definition) is 3. The summed E-state index contributed by atoms with van der Waals surface area (Å²) in [6.45, 7) is 4.74. The van der Waals surface area contributed by atoms with Crippen LogP contribution < -0.4 is 10.5 Å². The smallest absolute Gasteiger partial charge is 0.120 e. The molecule has 1 aliphatic rings. The number of ether oxygens (including phenoxy) is 2. The molecule has 0 spiro atoms. The Kier molecular flexibility index (Phi) is 4.65. The largest absolute Gasteiger partial charge is 0.494 e. The molecule has 1 heterocycles. The number of halogens is 1. The first-order valence-electron chi connectivity index (χ1n) is 6.45. The molecule has 1 saturated heterocycles. The maximum Gasteiger partial charge on any atom is 0.120 e. The standard InChI is InChI=1S/C14H20BrNO2/c1-3-17-10-5-6-11(12(15)8-10)14(16)13-7-4-9(2)18-13/h5-6,8-9,13-14H,3-4,7,16H2,1-2H3. The summed E-state index contributed by atoms with van der Waals surface area (Å²) in [6, 6.07) is 5.87. The van der Waals surface area contributed by atoms with Gasteiger partial charge in [0.15, 0.2) is 0 Å². The minimum atomic E-state index is -0.0833. The van der Waals surface area contributed by atoms with Gasteiger partial charge in [-0.15, -0.1) is 0 Å². The van der Waals surface area contributed by atoms with Crippen LogP contribution in [0.25, 0.3) is 0 Å². The van der Waals surface area contributed by atoms with Gasteiger partial charge >= 0.3 is 0 Å². The van der Waals surface area contributed by atoms with Gasteiger partial charge in [0.2, 0.25) is 0 Å². The van der Waals surface area contributed by atoms with Crippen LogP contribution in [0.3, 0.4) is 0 Å². The van der Waals surface area contributed by atoms with Crippen molar-refractivity contribution in [1.29, 1.82) is 0 Å². The fraction of sp³-hybridized carbons (Fsp3) is 0.571. The van der Waals surface area contributed by atoms with Crippen molar-refractivity contribution in [3.8, 4) is 5.75 Å².